The molecule has 1 aromatic heterocycles. The number of rotatable bonds is 0. The van der Waals surface area contributed by atoms with E-state index in [1.165, 1.54) is 12.1 Å². The quantitative estimate of drug-likeness (QED) is 0.715. The van der Waals surface area contributed by atoms with E-state index < -0.39 is 0 Å². The van der Waals surface area contributed by atoms with Gasteiger partial charge in [0.05, 0.1) is 16.7 Å². The van der Waals surface area contributed by atoms with Crippen molar-refractivity contribution >= 4 is 16.8 Å². The Morgan fingerprint density at radius 3 is 2.72 bits per heavy atom. The number of halogens is 1. The summed E-state index contributed by atoms with van der Waals surface area (Å²) in [5, 5.41) is 0. The van der Waals surface area contributed by atoms with Crippen molar-refractivity contribution in [1.29, 1.82) is 0 Å². The topological polar surface area (TPSA) is 42.9 Å². The molecule has 0 unspecified atom stereocenters. The minimum atomic E-state index is -0.361. The van der Waals surface area contributed by atoms with Crippen LogP contribution in [0.4, 0.5) is 4.39 Å². The van der Waals surface area contributed by atoms with Crippen molar-refractivity contribution in [2.75, 3.05) is 0 Å². The lowest BCUT2D eigenvalue weighted by molar-refractivity contribution is 0.0904. The first-order valence-electron chi connectivity index (χ1n) is 5.94. The van der Waals surface area contributed by atoms with Gasteiger partial charge in [-0.2, -0.15) is 0 Å². The van der Waals surface area contributed by atoms with Crippen LogP contribution in [0.1, 0.15) is 36.5 Å². The summed E-state index contributed by atoms with van der Waals surface area (Å²) in [4.78, 5) is 20.8. The molecule has 0 bridgehead atoms. The Balaban J connectivity index is 2.24. The van der Waals surface area contributed by atoms with E-state index >= 15 is 0 Å². The van der Waals surface area contributed by atoms with Gasteiger partial charge in [-0.1, -0.05) is 13.8 Å². The Hall–Kier alpha value is -1.84. The van der Waals surface area contributed by atoms with Crippen molar-refractivity contribution < 1.29 is 9.18 Å². The van der Waals surface area contributed by atoms with Gasteiger partial charge in [0.15, 0.2) is 5.78 Å². The fourth-order valence-electron chi connectivity index (χ4n) is 2.44. The van der Waals surface area contributed by atoms with Crippen molar-refractivity contribution in [3.05, 3.63) is 35.4 Å². The third-order valence-electron chi connectivity index (χ3n) is 3.25. The van der Waals surface area contributed by atoms with Crippen LogP contribution < -0.4 is 0 Å². The Kier molecular flexibility index (Phi) is 2.24. The van der Waals surface area contributed by atoms with Gasteiger partial charge in [-0.25, -0.2) is 14.4 Å². The second-order valence-electron chi connectivity index (χ2n) is 5.59. The number of benzene rings is 1. The molecule has 0 N–H and O–H groups in total. The lowest BCUT2D eigenvalue weighted by Gasteiger charge is -2.28. The molecule has 0 fully saturated rings. The van der Waals surface area contributed by atoms with Crippen molar-refractivity contribution in [2.24, 2.45) is 5.41 Å². The van der Waals surface area contributed by atoms with Crippen molar-refractivity contribution in [3.8, 4) is 0 Å². The zero-order valence-corrected chi connectivity index (χ0v) is 10.3. The van der Waals surface area contributed by atoms with Crippen molar-refractivity contribution in [3.63, 3.8) is 0 Å². The first-order valence-corrected chi connectivity index (χ1v) is 5.94. The summed E-state index contributed by atoms with van der Waals surface area (Å²) >= 11 is 0. The van der Waals surface area contributed by atoms with Gasteiger partial charge in [0.2, 0.25) is 0 Å². The van der Waals surface area contributed by atoms with Crippen LogP contribution in [0.15, 0.2) is 18.2 Å². The highest BCUT2D eigenvalue weighted by Crippen LogP contribution is 2.33. The van der Waals surface area contributed by atoms with Crippen LogP contribution in [0.25, 0.3) is 11.0 Å². The molecule has 0 atom stereocenters. The lowest BCUT2D eigenvalue weighted by Crippen LogP contribution is -2.28. The van der Waals surface area contributed by atoms with E-state index in [-0.39, 0.29) is 17.0 Å². The molecule has 3 nitrogen and oxygen atoms in total. The van der Waals surface area contributed by atoms with Crippen LogP contribution in [0, 0.1) is 11.2 Å². The van der Waals surface area contributed by atoms with Crippen molar-refractivity contribution in [2.45, 2.75) is 26.7 Å². The standard InChI is InChI=1S/C14H13FN2O/c1-14(2)6-11-13(12(18)7-14)17-10-5-8(15)3-4-9(10)16-11/h3-5H,6-7H2,1-2H3. The number of carbonyl (C=O) groups is 1. The van der Waals surface area contributed by atoms with Gasteiger partial charge >= 0.3 is 0 Å². The summed E-state index contributed by atoms with van der Waals surface area (Å²) in [6, 6.07) is 4.28. The molecule has 1 aliphatic rings. The average Bonchev–Trinajstić information content (AvgIpc) is 2.26. The fraction of sp³-hybridized carbons (Fsp3) is 0.357. The largest absolute Gasteiger partial charge is 0.292 e. The van der Waals surface area contributed by atoms with Gasteiger partial charge in [0.1, 0.15) is 11.5 Å². The number of Topliss-reactive ketones (excluding diaryl/α,β-unsaturated/α-hetero) is 1. The second-order valence-corrected chi connectivity index (χ2v) is 5.59. The van der Waals surface area contributed by atoms with E-state index in [0.717, 1.165) is 12.1 Å². The zero-order chi connectivity index (χ0) is 12.9. The van der Waals surface area contributed by atoms with Crippen molar-refractivity contribution in [1.82, 2.24) is 9.97 Å². The second kappa shape index (κ2) is 3.57. The predicted octanol–water partition coefficient (Wildman–Crippen LogP) is 2.92. The summed E-state index contributed by atoms with van der Waals surface area (Å²) in [5.74, 6) is -0.361. The van der Waals surface area contributed by atoms with E-state index in [4.69, 9.17) is 0 Å². The number of nitrogens with zero attached hydrogens (tertiary/aromatic N) is 2. The molecule has 0 radical (unpaired) electrons. The molecule has 18 heavy (non-hydrogen) atoms. The lowest BCUT2D eigenvalue weighted by atomic mass is 9.77. The highest BCUT2D eigenvalue weighted by atomic mass is 19.1. The van der Waals surface area contributed by atoms with Crippen LogP contribution in [0.3, 0.4) is 0 Å². The Labute approximate surface area is 104 Å². The van der Waals surface area contributed by atoms with Gasteiger partial charge in [-0.05, 0) is 24.0 Å². The minimum Gasteiger partial charge on any atom is -0.292 e. The minimum absolute atomic E-state index is 0.0000822. The van der Waals surface area contributed by atoms with Crippen LogP contribution in [0.2, 0.25) is 0 Å². The summed E-state index contributed by atoms with van der Waals surface area (Å²) in [6.07, 6.45) is 1.20. The van der Waals surface area contributed by atoms with E-state index in [1.54, 1.807) is 6.07 Å². The summed E-state index contributed by atoms with van der Waals surface area (Å²) < 4.78 is 13.1. The number of ketones is 1. The maximum absolute atomic E-state index is 13.1. The van der Waals surface area contributed by atoms with Gasteiger partial charge in [0, 0.05) is 12.5 Å². The van der Waals surface area contributed by atoms with Crippen LogP contribution in [0.5, 0.6) is 0 Å². The first kappa shape index (κ1) is 11.3. The zero-order valence-electron chi connectivity index (χ0n) is 10.3. The SMILES string of the molecule is CC1(C)CC(=O)c2nc3cc(F)ccc3nc2C1. The van der Waals surface area contributed by atoms with Gasteiger partial charge in [0.25, 0.3) is 0 Å². The number of aromatic nitrogens is 2. The Bertz CT molecular complexity index is 664. The molecule has 1 heterocycles. The average molecular weight is 244 g/mol. The molecule has 0 aliphatic heterocycles. The third-order valence-corrected chi connectivity index (χ3v) is 3.25. The Morgan fingerprint density at radius 2 is 1.94 bits per heavy atom. The molecule has 92 valence electrons. The predicted molar refractivity (Wildman–Crippen MR) is 65.9 cm³/mol. The molecule has 3 rings (SSSR count). The molecule has 4 heteroatoms. The smallest absolute Gasteiger partial charge is 0.183 e. The summed E-state index contributed by atoms with van der Waals surface area (Å²) in [7, 11) is 0. The maximum Gasteiger partial charge on any atom is 0.183 e. The van der Waals surface area contributed by atoms with E-state index in [1.807, 2.05) is 13.8 Å². The molecule has 0 spiro atoms. The Morgan fingerprint density at radius 1 is 1.17 bits per heavy atom. The van der Waals surface area contributed by atoms with Gasteiger partial charge in [-0.3, -0.25) is 4.79 Å². The number of hydrogen-bond donors (Lipinski definition) is 0. The highest BCUT2D eigenvalue weighted by molar-refractivity contribution is 5.98. The molecule has 1 aromatic carbocycles. The fourth-order valence-corrected chi connectivity index (χ4v) is 2.44. The molecule has 2 aromatic rings. The summed E-state index contributed by atoms with van der Waals surface area (Å²) in [5.41, 5.74) is 2.15. The third kappa shape index (κ3) is 1.78. The first-order chi connectivity index (χ1) is 8.44. The molecule has 0 saturated heterocycles. The van der Waals surface area contributed by atoms with E-state index in [2.05, 4.69) is 9.97 Å². The molecular weight excluding hydrogens is 231 g/mol. The van der Waals surface area contributed by atoms with Crippen LogP contribution in [-0.4, -0.2) is 15.8 Å². The highest BCUT2D eigenvalue weighted by Gasteiger charge is 2.33. The van der Waals surface area contributed by atoms with E-state index in [9.17, 15) is 9.18 Å². The molecular formula is C14H13FN2O. The molecule has 0 saturated carbocycles. The van der Waals surface area contributed by atoms with Gasteiger partial charge < -0.3 is 0 Å². The number of fused-ring (bicyclic) bond motifs is 2. The normalized spacial score (nSPS) is 17.8. The monoisotopic (exact) mass is 244 g/mol. The maximum atomic E-state index is 13.1. The number of carbonyl (C=O) groups excluding carboxylic acids is 1. The van der Waals surface area contributed by atoms with Gasteiger partial charge in [-0.15, -0.1) is 0 Å². The van der Waals surface area contributed by atoms with E-state index in [0.29, 0.717) is 23.1 Å². The van der Waals surface area contributed by atoms with Crippen LogP contribution >= 0.6 is 0 Å². The molecule has 1 aliphatic carbocycles. The summed E-state index contributed by atoms with van der Waals surface area (Å²) in [6.45, 7) is 4.09. The van der Waals surface area contributed by atoms with Crippen LogP contribution in [-0.2, 0) is 6.42 Å². The molecule has 0 amide bonds. The number of hydrogen-bond acceptors (Lipinski definition) is 3.